The molecular weight excluding hydrogens is 359 g/mol. The molecule has 0 spiro atoms. The number of aliphatic hydroxyl groups excluding tert-OH is 1. The van der Waals surface area contributed by atoms with Gasteiger partial charge in [0.15, 0.2) is 0 Å². The minimum atomic E-state index is -0.466. The van der Waals surface area contributed by atoms with E-state index >= 15 is 0 Å². The number of aliphatic hydroxyl groups is 1. The van der Waals surface area contributed by atoms with Gasteiger partial charge in [0.1, 0.15) is 25.0 Å². The third kappa shape index (κ3) is 5.25. The van der Waals surface area contributed by atoms with Crippen molar-refractivity contribution in [3.8, 4) is 5.75 Å². The van der Waals surface area contributed by atoms with Crippen molar-refractivity contribution in [2.45, 2.75) is 6.10 Å². The molecule has 0 saturated carbocycles. The average molecular weight is 382 g/mol. The molecule has 6 heteroatoms. The number of quaternary nitrogens is 1. The summed E-state index contributed by atoms with van der Waals surface area (Å²) in [6.07, 6.45) is -0.466. The van der Waals surface area contributed by atoms with Crippen molar-refractivity contribution in [3.63, 3.8) is 0 Å². The summed E-state index contributed by atoms with van der Waals surface area (Å²) >= 11 is 12.1. The van der Waals surface area contributed by atoms with Crippen molar-refractivity contribution >= 4 is 28.9 Å². The van der Waals surface area contributed by atoms with Crippen molar-refractivity contribution in [3.05, 3.63) is 58.6 Å². The zero-order valence-electron chi connectivity index (χ0n) is 14.0. The van der Waals surface area contributed by atoms with E-state index in [2.05, 4.69) is 4.90 Å². The van der Waals surface area contributed by atoms with Gasteiger partial charge >= 0.3 is 0 Å². The molecule has 0 unspecified atom stereocenters. The highest BCUT2D eigenvalue weighted by Crippen LogP contribution is 2.27. The van der Waals surface area contributed by atoms with Gasteiger partial charge < -0.3 is 19.6 Å². The van der Waals surface area contributed by atoms with Crippen LogP contribution in [0.1, 0.15) is 0 Å². The number of hydrogen-bond donors (Lipinski definition) is 2. The lowest BCUT2D eigenvalue weighted by Crippen LogP contribution is -3.16. The second-order valence-electron chi connectivity index (χ2n) is 6.32. The Morgan fingerprint density at radius 2 is 1.76 bits per heavy atom. The SMILES string of the molecule is O[C@H](COc1ccccc1)C[NH+]1CCN(c2ccc(Cl)c(Cl)c2)CC1. The lowest BCUT2D eigenvalue weighted by Gasteiger charge is -2.34. The smallest absolute Gasteiger partial charge is 0.137 e. The summed E-state index contributed by atoms with van der Waals surface area (Å²) in [6.45, 7) is 4.83. The number of rotatable bonds is 6. The fourth-order valence-corrected chi connectivity index (χ4v) is 3.36. The predicted octanol–water partition coefficient (Wildman–Crippen LogP) is 2.14. The summed E-state index contributed by atoms with van der Waals surface area (Å²) in [6, 6.07) is 15.3. The molecule has 4 nitrogen and oxygen atoms in total. The van der Waals surface area contributed by atoms with E-state index in [-0.39, 0.29) is 0 Å². The maximum absolute atomic E-state index is 10.2. The number of piperazine rings is 1. The van der Waals surface area contributed by atoms with Crippen LogP contribution in [-0.2, 0) is 0 Å². The molecule has 1 aliphatic heterocycles. The molecule has 1 aliphatic rings. The van der Waals surface area contributed by atoms with Crippen molar-refractivity contribution in [1.29, 1.82) is 0 Å². The Hall–Kier alpha value is -1.46. The van der Waals surface area contributed by atoms with Crippen LogP contribution in [-0.4, -0.2) is 50.5 Å². The van der Waals surface area contributed by atoms with Crippen LogP contribution >= 0.6 is 23.2 Å². The fraction of sp³-hybridized carbons (Fsp3) is 0.368. The van der Waals surface area contributed by atoms with Gasteiger partial charge in [-0.25, -0.2) is 0 Å². The Labute approximate surface area is 158 Å². The van der Waals surface area contributed by atoms with E-state index in [1.807, 2.05) is 48.5 Å². The molecule has 1 atom stereocenters. The minimum Gasteiger partial charge on any atom is -0.491 e. The highest BCUT2D eigenvalue weighted by molar-refractivity contribution is 6.42. The van der Waals surface area contributed by atoms with Gasteiger partial charge in [-0.05, 0) is 30.3 Å². The molecular formula is C19H23Cl2N2O2+. The van der Waals surface area contributed by atoms with Crippen LogP contribution in [0.3, 0.4) is 0 Å². The number of nitrogens with zero attached hydrogens (tertiary/aromatic N) is 1. The molecule has 2 N–H and O–H groups in total. The fourth-order valence-electron chi connectivity index (χ4n) is 3.07. The van der Waals surface area contributed by atoms with E-state index in [0.717, 1.165) is 37.6 Å². The monoisotopic (exact) mass is 381 g/mol. The molecule has 1 saturated heterocycles. The first-order chi connectivity index (χ1) is 12.1. The molecule has 1 heterocycles. The first kappa shape index (κ1) is 18.3. The van der Waals surface area contributed by atoms with Gasteiger partial charge in [-0.15, -0.1) is 0 Å². The number of benzene rings is 2. The topological polar surface area (TPSA) is 37.1 Å². The maximum Gasteiger partial charge on any atom is 0.137 e. The van der Waals surface area contributed by atoms with Gasteiger partial charge in [0.05, 0.1) is 36.2 Å². The summed E-state index contributed by atoms with van der Waals surface area (Å²) in [7, 11) is 0. The molecule has 134 valence electrons. The Balaban J connectivity index is 1.43. The molecule has 2 aromatic carbocycles. The molecule has 0 bridgehead atoms. The lowest BCUT2D eigenvalue weighted by molar-refractivity contribution is -0.903. The number of hydrogen-bond acceptors (Lipinski definition) is 3. The molecule has 0 aliphatic carbocycles. The lowest BCUT2D eigenvalue weighted by atomic mass is 10.2. The average Bonchev–Trinajstić information content (AvgIpc) is 2.64. The van der Waals surface area contributed by atoms with Crippen molar-refractivity contribution < 1.29 is 14.7 Å². The van der Waals surface area contributed by atoms with Gasteiger partial charge in [0.25, 0.3) is 0 Å². The standard InChI is InChI=1S/C19H22Cl2N2O2/c20-18-7-6-15(12-19(18)21)23-10-8-22(9-11-23)13-16(24)14-25-17-4-2-1-3-5-17/h1-7,12,16,24H,8-11,13-14H2/p+1/t16-/m0/s1. The summed E-state index contributed by atoms with van der Waals surface area (Å²) in [5, 5.41) is 11.4. The Morgan fingerprint density at radius 3 is 2.44 bits per heavy atom. The second kappa shape index (κ2) is 8.77. The number of ether oxygens (including phenoxy) is 1. The number of anilines is 1. The van der Waals surface area contributed by atoms with E-state index in [1.165, 1.54) is 4.90 Å². The van der Waals surface area contributed by atoms with Crippen LogP contribution in [0.2, 0.25) is 10.0 Å². The molecule has 1 fully saturated rings. The minimum absolute atomic E-state index is 0.323. The second-order valence-corrected chi connectivity index (χ2v) is 7.13. The van der Waals surface area contributed by atoms with Gasteiger partial charge in [-0.2, -0.15) is 0 Å². The highest BCUT2D eigenvalue weighted by atomic mass is 35.5. The molecule has 0 aromatic heterocycles. The molecule has 2 aromatic rings. The van der Waals surface area contributed by atoms with Crippen molar-refractivity contribution in [2.24, 2.45) is 0 Å². The van der Waals surface area contributed by atoms with Crippen molar-refractivity contribution in [2.75, 3.05) is 44.2 Å². The van der Waals surface area contributed by atoms with Crippen molar-refractivity contribution in [1.82, 2.24) is 0 Å². The van der Waals surface area contributed by atoms with Crippen LogP contribution in [0.4, 0.5) is 5.69 Å². The molecule has 25 heavy (non-hydrogen) atoms. The van der Waals surface area contributed by atoms with Crippen LogP contribution < -0.4 is 14.5 Å². The van der Waals surface area contributed by atoms with E-state index in [0.29, 0.717) is 23.2 Å². The Morgan fingerprint density at radius 1 is 1.04 bits per heavy atom. The Kier molecular flexibility index (Phi) is 6.43. The highest BCUT2D eigenvalue weighted by Gasteiger charge is 2.23. The molecule has 0 amide bonds. The van der Waals surface area contributed by atoms with Gasteiger partial charge in [-0.1, -0.05) is 41.4 Å². The van der Waals surface area contributed by atoms with E-state index in [1.54, 1.807) is 0 Å². The number of halogens is 2. The zero-order valence-corrected chi connectivity index (χ0v) is 15.5. The third-order valence-electron chi connectivity index (χ3n) is 4.45. The zero-order chi connectivity index (χ0) is 17.6. The van der Waals surface area contributed by atoms with E-state index in [4.69, 9.17) is 27.9 Å². The summed E-state index contributed by atoms with van der Waals surface area (Å²) < 4.78 is 5.62. The first-order valence-corrected chi connectivity index (χ1v) is 9.27. The molecule has 0 radical (unpaired) electrons. The van der Waals surface area contributed by atoms with Gasteiger partial charge in [0.2, 0.25) is 0 Å². The first-order valence-electron chi connectivity index (χ1n) is 8.51. The van der Waals surface area contributed by atoms with E-state index in [9.17, 15) is 5.11 Å². The maximum atomic E-state index is 10.2. The van der Waals surface area contributed by atoms with E-state index < -0.39 is 6.10 Å². The normalized spacial score (nSPS) is 16.7. The summed E-state index contributed by atoms with van der Waals surface area (Å²) in [5.41, 5.74) is 1.10. The van der Waals surface area contributed by atoms with Crippen LogP contribution in [0.15, 0.2) is 48.5 Å². The third-order valence-corrected chi connectivity index (χ3v) is 5.19. The number of nitrogens with one attached hydrogen (secondary N) is 1. The summed E-state index contributed by atoms with van der Waals surface area (Å²) in [5.74, 6) is 0.793. The van der Waals surface area contributed by atoms with Crippen LogP contribution in [0.25, 0.3) is 0 Å². The number of para-hydroxylation sites is 1. The largest absolute Gasteiger partial charge is 0.491 e. The Bertz CT molecular complexity index is 676. The predicted molar refractivity (Wildman–Crippen MR) is 102 cm³/mol. The summed E-state index contributed by atoms with van der Waals surface area (Å²) in [4.78, 5) is 3.69. The molecule has 3 rings (SSSR count). The van der Waals surface area contributed by atoms with Crippen LogP contribution in [0, 0.1) is 0 Å². The van der Waals surface area contributed by atoms with Gasteiger partial charge in [0, 0.05) is 5.69 Å². The van der Waals surface area contributed by atoms with Crippen LogP contribution in [0.5, 0.6) is 5.75 Å². The quantitative estimate of drug-likeness (QED) is 0.804. The van der Waals surface area contributed by atoms with Gasteiger partial charge in [-0.3, -0.25) is 0 Å².